The predicted octanol–water partition coefficient (Wildman–Crippen LogP) is 1.51. The molecule has 2 amide bonds. The molecule has 0 fully saturated rings. The van der Waals surface area contributed by atoms with Gasteiger partial charge in [0.05, 0.1) is 6.54 Å². The number of carbonyl (C=O) groups excluding carboxylic acids is 2. The second-order valence-electron chi connectivity index (χ2n) is 5.40. The zero-order chi connectivity index (χ0) is 15.8. The normalized spacial score (nSPS) is 10.9. The van der Waals surface area contributed by atoms with Crippen molar-refractivity contribution in [1.29, 1.82) is 0 Å². The maximum absolute atomic E-state index is 11.9. The summed E-state index contributed by atoms with van der Waals surface area (Å²) in [6.45, 7) is 4.69. The molecule has 0 spiro atoms. The summed E-state index contributed by atoms with van der Waals surface area (Å²) in [7, 11) is 1.60. The largest absolute Gasteiger partial charge is 0.399 e. The zero-order valence-corrected chi connectivity index (χ0v) is 12.8. The Hall–Kier alpha value is -2.30. The molecule has 1 aromatic rings. The highest BCUT2D eigenvalue weighted by Crippen LogP contribution is 2.08. The average molecular weight is 289 g/mol. The van der Waals surface area contributed by atoms with E-state index in [2.05, 4.69) is 5.32 Å². The summed E-state index contributed by atoms with van der Waals surface area (Å²) >= 11 is 0. The predicted molar refractivity (Wildman–Crippen MR) is 85.4 cm³/mol. The Morgan fingerprint density at radius 1 is 1.38 bits per heavy atom. The van der Waals surface area contributed by atoms with Crippen LogP contribution in [0.2, 0.25) is 0 Å². The standard InChI is InChI=1S/C16H23N3O2/c1-12(2)10-18-15(20)11-19(3)16(21)8-7-13-5-4-6-14(17)9-13/h4-9,12H,10-11,17H2,1-3H3,(H,18,20)/b8-7+. The molecule has 0 aromatic heterocycles. The highest BCUT2D eigenvalue weighted by molar-refractivity contribution is 5.94. The lowest BCUT2D eigenvalue weighted by atomic mass is 10.2. The molecule has 5 heteroatoms. The van der Waals surface area contributed by atoms with E-state index in [0.717, 1.165) is 5.56 Å². The number of nitrogens with one attached hydrogen (secondary N) is 1. The van der Waals surface area contributed by atoms with Gasteiger partial charge in [-0.25, -0.2) is 0 Å². The number of rotatable bonds is 6. The summed E-state index contributed by atoms with van der Waals surface area (Å²) in [5, 5.41) is 2.78. The third kappa shape index (κ3) is 6.61. The Bertz CT molecular complexity index is 524. The molecule has 0 saturated carbocycles. The van der Waals surface area contributed by atoms with Crippen LogP contribution in [0.25, 0.3) is 6.08 Å². The van der Waals surface area contributed by atoms with Gasteiger partial charge >= 0.3 is 0 Å². The number of nitrogens with two attached hydrogens (primary N) is 1. The number of nitrogen functional groups attached to an aromatic ring is 1. The highest BCUT2D eigenvalue weighted by atomic mass is 16.2. The van der Waals surface area contributed by atoms with E-state index in [1.54, 1.807) is 25.3 Å². The first kappa shape index (κ1) is 16.8. The number of likely N-dealkylation sites (N-methyl/N-ethyl adjacent to an activating group) is 1. The number of hydrogen-bond acceptors (Lipinski definition) is 3. The van der Waals surface area contributed by atoms with Crippen LogP contribution in [0, 0.1) is 5.92 Å². The maximum Gasteiger partial charge on any atom is 0.246 e. The number of anilines is 1. The molecule has 0 aliphatic rings. The molecule has 3 N–H and O–H groups in total. The molecule has 0 atom stereocenters. The Morgan fingerprint density at radius 3 is 2.71 bits per heavy atom. The Balaban J connectivity index is 2.49. The zero-order valence-electron chi connectivity index (χ0n) is 12.8. The number of carbonyl (C=O) groups is 2. The molecule has 0 bridgehead atoms. The minimum atomic E-state index is -0.225. The lowest BCUT2D eigenvalue weighted by Gasteiger charge is -2.15. The van der Waals surface area contributed by atoms with Crippen molar-refractivity contribution in [2.24, 2.45) is 5.92 Å². The van der Waals surface area contributed by atoms with Crippen molar-refractivity contribution in [2.45, 2.75) is 13.8 Å². The number of nitrogens with zero attached hydrogens (tertiary/aromatic N) is 1. The van der Waals surface area contributed by atoms with E-state index in [9.17, 15) is 9.59 Å². The van der Waals surface area contributed by atoms with Crippen molar-refractivity contribution in [3.63, 3.8) is 0 Å². The van der Waals surface area contributed by atoms with Crippen LogP contribution in [-0.4, -0.2) is 36.9 Å². The van der Waals surface area contributed by atoms with Crippen LogP contribution in [0.4, 0.5) is 5.69 Å². The molecule has 0 heterocycles. The number of benzene rings is 1. The van der Waals surface area contributed by atoms with Crippen molar-refractivity contribution in [3.05, 3.63) is 35.9 Å². The van der Waals surface area contributed by atoms with Gasteiger partial charge in [0.2, 0.25) is 11.8 Å². The van der Waals surface area contributed by atoms with E-state index in [1.165, 1.54) is 11.0 Å². The Morgan fingerprint density at radius 2 is 2.10 bits per heavy atom. The second kappa shape index (κ2) is 8.09. The third-order valence-corrected chi connectivity index (χ3v) is 2.79. The molecular weight excluding hydrogens is 266 g/mol. The maximum atomic E-state index is 11.9. The van der Waals surface area contributed by atoms with Gasteiger partial charge in [-0.15, -0.1) is 0 Å². The molecule has 0 unspecified atom stereocenters. The second-order valence-corrected chi connectivity index (χ2v) is 5.40. The summed E-state index contributed by atoms with van der Waals surface area (Å²) in [5.41, 5.74) is 7.16. The fraction of sp³-hybridized carbons (Fsp3) is 0.375. The summed E-state index contributed by atoms with van der Waals surface area (Å²) in [6, 6.07) is 7.24. The molecule has 0 radical (unpaired) electrons. The van der Waals surface area contributed by atoms with Crippen molar-refractivity contribution in [2.75, 3.05) is 25.9 Å². The molecular formula is C16H23N3O2. The summed E-state index contributed by atoms with van der Waals surface area (Å²) in [6.07, 6.45) is 3.12. The summed E-state index contributed by atoms with van der Waals surface area (Å²) in [5.74, 6) is 0.00687. The lowest BCUT2D eigenvalue weighted by Crippen LogP contribution is -2.38. The quantitative estimate of drug-likeness (QED) is 0.616. The molecule has 5 nitrogen and oxygen atoms in total. The average Bonchev–Trinajstić information content (AvgIpc) is 2.42. The van der Waals surface area contributed by atoms with Crippen molar-refractivity contribution in [3.8, 4) is 0 Å². The first-order valence-corrected chi connectivity index (χ1v) is 6.94. The van der Waals surface area contributed by atoms with Gasteiger partial charge in [-0.1, -0.05) is 26.0 Å². The summed E-state index contributed by atoms with van der Waals surface area (Å²) < 4.78 is 0. The molecule has 0 saturated heterocycles. The van der Waals surface area contributed by atoms with Gasteiger partial charge in [0.15, 0.2) is 0 Å². The van der Waals surface area contributed by atoms with E-state index in [-0.39, 0.29) is 18.4 Å². The van der Waals surface area contributed by atoms with Gasteiger partial charge in [0.1, 0.15) is 0 Å². The summed E-state index contributed by atoms with van der Waals surface area (Å²) in [4.78, 5) is 24.9. The molecule has 114 valence electrons. The van der Waals surface area contributed by atoms with Crippen molar-refractivity contribution in [1.82, 2.24) is 10.2 Å². The van der Waals surface area contributed by atoms with Gasteiger partial charge < -0.3 is 16.0 Å². The SMILES string of the molecule is CC(C)CNC(=O)CN(C)C(=O)/C=C/c1cccc(N)c1. The fourth-order valence-electron chi connectivity index (χ4n) is 1.62. The smallest absolute Gasteiger partial charge is 0.246 e. The lowest BCUT2D eigenvalue weighted by molar-refractivity contribution is -0.131. The fourth-order valence-corrected chi connectivity index (χ4v) is 1.62. The van der Waals surface area contributed by atoms with Gasteiger partial charge in [0, 0.05) is 25.4 Å². The molecule has 21 heavy (non-hydrogen) atoms. The number of amides is 2. The van der Waals surface area contributed by atoms with Crippen molar-refractivity contribution >= 4 is 23.6 Å². The Kier molecular flexibility index (Phi) is 6.46. The van der Waals surface area contributed by atoms with Crippen LogP contribution in [-0.2, 0) is 9.59 Å². The van der Waals surface area contributed by atoms with Crippen LogP contribution < -0.4 is 11.1 Å². The van der Waals surface area contributed by atoms with Crippen LogP contribution in [0.1, 0.15) is 19.4 Å². The first-order valence-electron chi connectivity index (χ1n) is 6.94. The van der Waals surface area contributed by atoms with Crippen LogP contribution in [0.15, 0.2) is 30.3 Å². The monoisotopic (exact) mass is 289 g/mol. The van der Waals surface area contributed by atoms with Crippen LogP contribution >= 0.6 is 0 Å². The van der Waals surface area contributed by atoms with E-state index >= 15 is 0 Å². The molecule has 1 aromatic carbocycles. The van der Waals surface area contributed by atoms with Gasteiger partial charge in [0.25, 0.3) is 0 Å². The van der Waals surface area contributed by atoms with E-state index in [4.69, 9.17) is 5.73 Å². The van der Waals surface area contributed by atoms with E-state index in [1.807, 2.05) is 26.0 Å². The number of hydrogen-bond donors (Lipinski definition) is 2. The first-order chi connectivity index (χ1) is 9.88. The molecule has 0 aliphatic carbocycles. The van der Waals surface area contributed by atoms with Crippen molar-refractivity contribution < 1.29 is 9.59 Å². The van der Waals surface area contributed by atoms with Crippen LogP contribution in [0.5, 0.6) is 0 Å². The Labute approximate surface area is 125 Å². The highest BCUT2D eigenvalue weighted by Gasteiger charge is 2.10. The third-order valence-electron chi connectivity index (χ3n) is 2.79. The van der Waals surface area contributed by atoms with Gasteiger partial charge in [-0.05, 0) is 29.7 Å². The van der Waals surface area contributed by atoms with Gasteiger partial charge in [-0.2, -0.15) is 0 Å². The molecule has 1 rings (SSSR count). The van der Waals surface area contributed by atoms with Crippen LogP contribution in [0.3, 0.4) is 0 Å². The van der Waals surface area contributed by atoms with E-state index in [0.29, 0.717) is 18.2 Å². The van der Waals surface area contributed by atoms with Gasteiger partial charge in [-0.3, -0.25) is 9.59 Å². The topological polar surface area (TPSA) is 75.4 Å². The minimum absolute atomic E-state index is 0.0484. The molecule has 0 aliphatic heterocycles. The minimum Gasteiger partial charge on any atom is -0.399 e. The van der Waals surface area contributed by atoms with E-state index < -0.39 is 0 Å².